The third kappa shape index (κ3) is 4.37. The lowest BCUT2D eigenvalue weighted by Gasteiger charge is -2.16. The Bertz CT molecular complexity index is 1350. The average molecular weight is 477 g/mol. The molecule has 7 heteroatoms. The van der Waals surface area contributed by atoms with Crippen molar-refractivity contribution in [2.24, 2.45) is 0 Å². The Hall–Kier alpha value is -3.06. The molecule has 0 saturated heterocycles. The van der Waals surface area contributed by atoms with E-state index in [0.717, 1.165) is 49.7 Å². The molecule has 0 unspecified atom stereocenters. The molecule has 0 atom stereocenters. The highest BCUT2D eigenvalue weighted by molar-refractivity contribution is 7.71. The summed E-state index contributed by atoms with van der Waals surface area (Å²) in [5.41, 5.74) is 5.45. The molecule has 0 bridgehead atoms. The molecule has 1 aliphatic carbocycles. The van der Waals surface area contributed by atoms with Gasteiger partial charge in [-0.3, -0.25) is 5.10 Å². The maximum Gasteiger partial charge on any atom is 0.195 e. The van der Waals surface area contributed by atoms with Crippen molar-refractivity contribution in [1.82, 2.24) is 19.3 Å². The second-order valence-corrected chi connectivity index (χ2v) is 9.12. The summed E-state index contributed by atoms with van der Waals surface area (Å²) in [5, 5.41) is 9.04. The van der Waals surface area contributed by atoms with E-state index in [9.17, 15) is 0 Å². The van der Waals surface area contributed by atoms with Gasteiger partial charge in [0.2, 0.25) is 0 Å². The molecule has 1 N–H and O–H groups in total. The van der Waals surface area contributed by atoms with Crippen molar-refractivity contribution in [2.75, 3.05) is 13.2 Å². The van der Waals surface area contributed by atoms with Gasteiger partial charge in [-0.1, -0.05) is 24.3 Å². The van der Waals surface area contributed by atoms with Gasteiger partial charge in [-0.2, -0.15) is 5.10 Å². The van der Waals surface area contributed by atoms with Crippen LogP contribution in [0.5, 0.6) is 11.5 Å². The second kappa shape index (κ2) is 10.1. The SMILES string of the molecule is CCOc1ccc(CCn2c(Cn3c4c(c5ccccc53)CCCC4)n[nH]c2=S)cc1OCC. The summed E-state index contributed by atoms with van der Waals surface area (Å²) in [6.45, 7) is 6.67. The summed E-state index contributed by atoms with van der Waals surface area (Å²) >= 11 is 5.61. The third-order valence-electron chi connectivity index (χ3n) is 6.65. The molecule has 2 heterocycles. The average Bonchev–Trinajstić information content (AvgIpc) is 3.37. The van der Waals surface area contributed by atoms with Gasteiger partial charge in [-0.05, 0) is 87.5 Å². The summed E-state index contributed by atoms with van der Waals surface area (Å²) in [5.74, 6) is 2.55. The van der Waals surface area contributed by atoms with Gasteiger partial charge in [0, 0.05) is 23.1 Å². The highest BCUT2D eigenvalue weighted by Gasteiger charge is 2.21. The number of hydrogen-bond acceptors (Lipinski definition) is 4. The Balaban J connectivity index is 1.41. The van der Waals surface area contributed by atoms with Gasteiger partial charge >= 0.3 is 0 Å². The summed E-state index contributed by atoms with van der Waals surface area (Å²) < 4.78 is 16.8. The fraction of sp³-hybridized carbons (Fsp3) is 0.407. The zero-order chi connectivity index (χ0) is 23.5. The first kappa shape index (κ1) is 22.7. The summed E-state index contributed by atoms with van der Waals surface area (Å²) in [7, 11) is 0. The predicted molar refractivity (Wildman–Crippen MR) is 138 cm³/mol. The Morgan fingerprint density at radius 3 is 2.62 bits per heavy atom. The van der Waals surface area contributed by atoms with Crippen molar-refractivity contribution >= 4 is 23.1 Å². The van der Waals surface area contributed by atoms with Crippen LogP contribution in [-0.4, -0.2) is 32.5 Å². The molecule has 34 heavy (non-hydrogen) atoms. The third-order valence-corrected chi connectivity index (χ3v) is 6.96. The first-order valence-electron chi connectivity index (χ1n) is 12.3. The van der Waals surface area contributed by atoms with Gasteiger partial charge in [0.05, 0.1) is 19.8 Å². The van der Waals surface area contributed by atoms with Crippen LogP contribution in [0.15, 0.2) is 42.5 Å². The van der Waals surface area contributed by atoms with E-state index in [1.165, 1.54) is 40.6 Å². The zero-order valence-corrected chi connectivity index (χ0v) is 20.8. The first-order valence-corrected chi connectivity index (χ1v) is 12.7. The number of benzene rings is 2. The molecule has 178 valence electrons. The fourth-order valence-electron chi connectivity index (χ4n) is 5.10. The maximum absolute atomic E-state index is 5.80. The van der Waals surface area contributed by atoms with Crippen LogP contribution in [0.3, 0.4) is 0 Å². The van der Waals surface area contributed by atoms with Gasteiger partial charge in [0.25, 0.3) is 0 Å². The number of nitrogens with one attached hydrogen (secondary N) is 1. The molecular formula is C27H32N4O2S. The van der Waals surface area contributed by atoms with Gasteiger partial charge in [0.1, 0.15) is 0 Å². The fourth-order valence-corrected chi connectivity index (χ4v) is 5.34. The minimum absolute atomic E-state index is 0.607. The van der Waals surface area contributed by atoms with E-state index >= 15 is 0 Å². The van der Waals surface area contributed by atoms with E-state index in [2.05, 4.69) is 55.7 Å². The van der Waals surface area contributed by atoms with Crippen LogP contribution in [-0.2, 0) is 32.4 Å². The molecule has 0 aliphatic heterocycles. The Morgan fingerprint density at radius 1 is 0.971 bits per heavy atom. The molecule has 0 radical (unpaired) electrons. The monoisotopic (exact) mass is 476 g/mol. The molecule has 5 rings (SSSR count). The number of H-pyrrole nitrogens is 1. The lowest BCUT2D eigenvalue weighted by Crippen LogP contribution is -2.14. The maximum atomic E-state index is 5.80. The lowest BCUT2D eigenvalue weighted by molar-refractivity contribution is 0.287. The van der Waals surface area contributed by atoms with E-state index in [4.69, 9.17) is 21.7 Å². The molecule has 1 aliphatic rings. The van der Waals surface area contributed by atoms with Crippen molar-refractivity contribution in [3.05, 3.63) is 69.9 Å². The minimum Gasteiger partial charge on any atom is -0.490 e. The quantitative estimate of drug-likeness (QED) is 0.307. The van der Waals surface area contributed by atoms with Crippen LogP contribution in [0.2, 0.25) is 0 Å². The van der Waals surface area contributed by atoms with Crippen molar-refractivity contribution in [1.29, 1.82) is 0 Å². The van der Waals surface area contributed by atoms with Crippen molar-refractivity contribution in [3.8, 4) is 11.5 Å². The van der Waals surface area contributed by atoms with Crippen LogP contribution in [0.25, 0.3) is 10.9 Å². The molecule has 6 nitrogen and oxygen atoms in total. The van der Waals surface area contributed by atoms with Crippen LogP contribution in [0.1, 0.15) is 49.3 Å². The van der Waals surface area contributed by atoms with Crippen molar-refractivity contribution in [2.45, 2.75) is 59.0 Å². The summed E-state index contributed by atoms with van der Waals surface area (Å²) in [4.78, 5) is 0. The molecule has 0 spiro atoms. The number of aromatic nitrogens is 4. The zero-order valence-electron chi connectivity index (χ0n) is 20.0. The smallest absolute Gasteiger partial charge is 0.195 e. The van der Waals surface area contributed by atoms with E-state index < -0.39 is 0 Å². The molecular weight excluding hydrogens is 444 g/mol. The Labute approximate surface area is 205 Å². The molecule has 0 amide bonds. The van der Waals surface area contributed by atoms with E-state index in [1.54, 1.807) is 0 Å². The second-order valence-electron chi connectivity index (χ2n) is 8.73. The summed E-state index contributed by atoms with van der Waals surface area (Å²) in [6.07, 6.45) is 5.64. The number of fused-ring (bicyclic) bond motifs is 3. The van der Waals surface area contributed by atoms with Crippen molar-refractivity contribution in [3.63, 3.8) is 0 Å². The largest absolute Gasteiger partial charge is 0.490 e. The van der Waals surface area contributed by atoms with Gasteiger partial charge in [-0.25, -0.2) is 0 Å². The summed E-state index contributed by atoms with van der Waals surface area (Å²) in [6, 6.07) is 14.9. The van der Waals surface area contributed by atoms with Crippen LogP contribution in [0.4, 0.5) is 0 Å². The van der Waals surface area contributed by atoms with E-state index in [1.807, 2.05) is 19.9 Å². The standard InChI is InChI=1S/C27H32N4O2S/c1-3-32-24-14-13-19(17-25(24)33-4-2)15-16-30-26(28-29-27(30)34)18-31-22-11-7-5-9-20(22)21-10-6-8-12-23(21)31/h5,7,9,11,13-14,17H,3-4,6,8,10,12,15-16,18H2,1-2H3,(H,29,34). The number of nitrogens with zero attached hydrogens (tertiary/aromatic N) is 3. The Morgan fingerprint density at radius 2 is 1.76 bits per heavy atom. The van der Waals surface area contributed by atoms with Crippen molar-refractivity contribution < 1.29 is 9.47 Å². The van der Waals surface area contributed by atoms with Gasteiger partial charge < -0.3 is 18.6 Å². The number of hydrogen-bond donors (Lipinski definition) is 1. The molecule has 0 fully saturated rings. The van der Waals surface area contributed by atoms with E-state index in [-0.39, 0.29) is 0 Å². The molecule has 2 aromatic heterocycles. The normalized spacial score (nSPS) is 13.2. The minimum atomic E-state index is 0.607. The number of ether oxygens (including phenoxy) is 2. The Kier molecular flexibility index (Phi) is 6.72. The number of aryl methyl sites for hydroxylation is 2. The lowest BCUT2D eigenvalue weighted by atomic mass is 9.96. The molecule has 0 saturated carbocycles. The van der Waals surface area contributed by atoms with Gasteiger partial charge in [-0.15, -0.1) is 0 Å². The highest BCUT2D eigenvalue weighted by atomic mass is 32.1. The van der Waals surface area contributed by atoms with Crippen LogP contribution < -0.4 is 9.47 Å². The first-order chi connectivity index (χ1) is 16.7. The topological polar surface area (TPSA) is 57.0 Å². The number of rotatable bonds is 9. The number of para-hydroxylation sites is 1. The number of aromatic amines is 1. The van der Waals surface area contributed by atoms with Crippen LogP contribution in [0, 0.1) is 4.77 Å². The van der Waals surface area contributed by atoms with Gasteiger partial charge in [0.15, 0.2) is 22.1 Å². The van der Waals surface area contributed by atoms with Crippen LogP contribution >= 0.6 is 12.2 Å². The highest BCUT2D eigenvalue weighted by Crippen LogP contribution is 2.33. The van der Waals surface area contributed by atoms with E-state index in [0.29, 0.717) is 18.0 Å². The molecule has 4 aromatic rings. The molecule has 2 aromatic carbocycles. The predicted octanol–water partition coefficient (Wildman–Crippen LogP) is 5.86.